The van der Waals surface area contributed by atoms with Gasteiger partial charge in [-0.1, -0.05) is 5.21 Å². The Kier molecular flexibility index (Phi) is 4.03. The zero-order chi connectivity index (χ0) is 13.0. The Morgan fingerprint density at radius 3 is 2.61 bits per heavy atom. The van der Waals surface area contributed by atoms with Crippen molar-refractivity contribution in [1.29, 1.82) is 0 Å². The van der Waals surface area contributed by atoms with Gasteiger partial charge in [0.25, 0.3) is 0 Å². The maximum absolute atomic E-state index is 11.4. The number of hydrogen-bond donors (Lipinski definition) is 1. The predicted octanol–water partition coefficient (Wildman–Crippen LogP) is -0.648. The van der Waals surface area contributed by atoms with Crippen LogP contribution in [0.5, 0.6) is 0 Å². The van der Waals surface area contributed by atoms with Crippen molar-refractivity contribution in [2.24, 2.45) is 0 Å². The van der Waals surface area contributed by atoms with E-state index in [1.54, 1.807) is 10.9 Å². The molecule has 0 aliphatic carbocycles. The van der Waals surface area contributed by atoms with Crippen molar-refractivity contribution in [2.75, 3.05) is 13.2 Å². The molecule has 7 heteroatoms. The van der Waals surface area contributed by atoms with Crippen LogP contribution in [0.25, 0.3) is 0 Å². The van der Waals surface area contributed by atoms with E-state index in [1.165, 1.54) is 4.90 Å². The number of hydrogen-bond acceptors (Lipinski definition) is 5. The maximum atomic E-state index is 11.4. The summed E-state index contributed by atoms with van der Waals surface area (Å²) in [5.74, 6) is -0.221. The van der Waals surface area contributed by atoms with Gasteiger partial charge in [0.05, 0.1) is 12.2 Å². The molecule has 0 atom stereocenters. The van der Waals surface area contributed by atoms with E-state index >= 15 is 0 Å². The van der Waals surface area contributed by atoms with Crippen LogP contribution in [0.4, 0.5) is 0 Å². The summed E-state index contributed by atoms with van der Waals surface area (Å²) in [6.45, 7) is 0.938. The molecule has 1 N–H and O–H groups in total. The lowest BCUT2D eigenvalue weighted by Gasteiger charge is -2.12. The summed E-state index contributed by atoms with van der Waals surface area (Å²) < 4.78 is 1.62. The van der Waals surface area contributed by atoms with Crippen molar-refractivity contribution in [2.45, 2.75) is 32.2 Å². The highest BCUT2D eigenvalue weighted by molar-refractivity contribution is 6.01. The van der Waals surface area contributed by atoms with Gasteiger partial charge in [0, 0.05) is 32.2 Å². The third-order valence-corrected chi connectivity index (χ3v) is 2.88. The zero-order valence-electron chi connectivity index (χ0n) is 10.1. The number of nitrogens with zero attached hydrogens (tertiary/aromatic N) is 4. The lowest BCUT2D eigenvalue weighted by atomic mass is 10.3. The molecule has 0 unspecified atom stereocenters. The number of aliphatic hydroxyl groups excluding tert-OH is 1. The Bertz CT molecular complexity index is 427. The molecule has 0 saturated carbocycles. The lowest BCUT2D eigenvalue weighted by molar-refractivity contribution is -0.138. The van der Waals surface area contributed by atoms with Crippen LogP contribution >= 0.6 is 0 Å². The van der Waals surface area contributed by atoms with Gasteiger partial charge in [0.1, 0.15) is 0 Å². The van der Waals surface area contributed by atoms with E-state index in [-0.39, 0.29) is 18.4 Å². The van der Waals surface area contributed by atoms with Crippen molar-refractivity contribution < 1.29 is 14.7 Å². The Labute approximate surface area is 104 Å². The molecular formula is C11H16N4O3. The molecule has 0 spiro atoms. The summed E-state index contributed by atoms with van der Waals surface area (Å²) in [6, 6.07) is 0. The summed E-state index contributed by atoms with van der Waals surface area (Å²) >= 11 is 0. The average molecular weight is 252 g/mol. The van der Waals surface area contributed by atoms with Crippen LogP contribution in [0.15, 0.2) is 6.20 Å². The van der Waals surface area contributed by atoms with Gasteiger partial charge in [-0.15, -0.1) is 5.10 Å². The van der Waals surface area contributed by atoms with Crippen LogP contribution < -0.4 is 0 Å². The summed E-state index contributed by atoms with van der Waals surface area (Å²) in [6.07, 6.45) is 3.75. The quantitative estimate of drug-likeness (QED) is 0.680. The highest BCUT2D eigenvalue weighted by Crippen LogP contribution is 2.11. The van der Waals surface area contributed by atoms with Gasteiger partial charge >= 0.3 is 0 Å². The Morgan fingerprint density at radius 1 is 1.22 bits per heavy atom. The second kappa shape index (κ2) is 5.72. The van der Waals surface area contributed by atoms with Crippen molar-refractivity contribution in [3.8, 4) is 0 Å². The molecule has 0 bridgehead atoms. The zero-order valence-corrected chi connectivity index (χ0v) is 10.1. The van der Waals surface area contributed by atoms with Crippen molar-refractivity contribution in [1.82, 2.24) is 19.9 Å². The van der Waals surface area contributed by atoms with E-state index in [0.717, 1.165) is 5.69 Å². The normalized spacial score (nSPS) is 15.7. The number of likely N-dealkylation sites (tertiary alicyclic amines) is 1. The molecule has 1 fully saturated rings. The molecule has 2 rings (SSSR count). The number of carbonyl (C=O) groups is 2. The van der Waals surface area contributed by atoms with Gasteiger partial charge in [-0.05, 0) is 12.8 Å². The van der Waals surface area contributed by atoms with Crippen LogP contribution in [-0.4, -0.2) is 50.0 Å². The molecule has 1 saturated heterocycles. The number of amides is 2. The van der Waals surface area contributed by atoms with Gasteiger partial charge < -0.3 is 5.11 Å². The number of imide groups is 1. The van der Waals surface area contributed by atoms with E-state index in [4.69, 9.17) is 5.11 Å². The molecule has 1 aromatic heterocycles. The summed E-state index contributed by atoms with van der Waals surface area (Å²) in [5.41, 5.74) is 0.808. The van der Waals surface area contributed by atoms with Crippen LogP contribution in [0.3, 0.4) is 0 Å². The van der Waals surface area contributed by atoms with Gasteiger partial charge in [-0.25, -0.2) is 0 Å². The first-order chi connectivity index (χ1) is 8.70. The van der Waals surface area contributed by atoms with Gasteiger partial charge in [-0.3, -0.25) is 19.2 Å². The molecule has 18 heavy (non-hydrogen) atoms. The van der Waals surface area contributed by atoms with Crippen LogP contribution in [0.2, 0.25) is 0 Å². The third-order valence-electron chi connectivity index (χ3n) is 2.88. The van der Waals surface area contributed by atoms with Crippen molar-refractivity contribution in [3.05, 3.63) is 11.9 Å². The van der Waals surface area contributed by atoms with Gasteiger partial charge in [0.15, 0.2) is 0 Å². The molecule has 1 aliphatic rings. The van der Waals surface area contributed by atoms with E-state index in [9.17, 15) is 9.59 Å². The minimum atomic E-state index is -0.111. The second-order valence-electron chi connectivity index (χ2n) is 4.24. The molecule has 2 heterocycles. The fourth-order valence-electron chi connectivity index (χ4n) is 1.90. The van der Waals surface area contributed by atoms with Crippen molar-refractivity contribution in [3.63, 3.8) is 0 Å². The Balaban J connectivity index is 1.84. The predicted molar refractivity (Wildman–Crippen MR) is 61.4 cm³/mol. The highest BCUT2D eigenvalue weighted by atomic mass is 16.3. The molecule has 7 nitrogen and oxygen atoms in total. The largest absolute Gasteiger partial charge is 0.396 e. The van der Waals surface area contributed by atoms with Crippen molar-refractivity contribution >= 4 is 11.8 Å². The number of aryl methyl sites for hydroxylation is 1. The van der Waals surface area contributed by atoms with Crippen LogP contribution in [0, 0.1) is 0 Å². The van der Waals surface area contributed by atoms with Crippen LogP contribution in [0.1, 0.15) is 25.0 Å². The van der Waals surface area contributed by atoms with Gasteiger partial charge in [0.2, 0.25) is 11.8 Å². The Morgan fingerprint density at radius 2 is 1.94 bits per heavy atom. The fourth-order valence-corrected chi connectivity index (χ4v) is 1.90. The van der Waals surface area contributed by atoms with Crippen LogP contribution in [-0.2, 0) is 22.6 Å². The first kappa shape index (κ1) is 12.7. The molecule has 0 radical (unpaired) electrons. The molecule has 1 aromatic rings. The minimum absolute atomic E-state index is 0.111. The van der Waals surface area contributed by atoms with E-state index in [0.29, 0.717) is 38.8 Å². The molecule has 0 aromatic carbocycles. The highest BCUT2D eigenvalue weighted by Gasteiger charge is 2.28. The first-order valence-corrected chi connectivity index (χ1v) is 6.04. The smallest absolute Gasteiger partial charge is 0.229 e. The fraction of sp³-hybridized carbons (Fsp3) is 0.636. The number of rotatable bonds is 6. The first-order valence-electron chi connectivity index (χ1n) is 6.04. The summed E-state index contributed by atoms with van der Waals surface area (Å²) in [7, 11) is 0. The monoisotopic (exact) mass is 252 g/mol. The van der Waals surface area contributed by atoms with E-state index in [1.807, 2.05) is 0 Å². The van der Waals surface area contributed by atoms with E-state index < -0.39 is 0 Å². The topological polar surface area (TPSA) is 88.3 Å². The maximum Gasteiger partial charge on any atom is 0.229 e. The standard InChI is InChI=1S/C11H16N4O3/c16-7-1-2-9-8-14(13-12-9)5-6-15-10(17)3-4-11(15)18/h8,16H,1-7H2. The number of aliphatic hydroxyl groups is 1. The minimum Gasteiger partial charge on any atom is -0.396 e. The second-order valence-corrected chi connectivity index (χ2v) is 4.24. The molecular weight excluding hydrogens is 236 g/mol. The Hall–Kier alpha value is -1.76. The lowest BCUT2D eigenvalue weighted by Crippen LogP contribution is -2.32. The molecule has 1 aliphatic heterocycles. The summed E-state index contributed by atoms with van der Waals surface area (Å²) in [4.78, 5) is 24.0. The average Bonchev–Trinajstić information content (AvgIpc) is 2.93. The van der Waals surface area contributed by atoms with Gasteiger partial charge in [-0.2, -0.15) is 0 Å². The summed E-state index contributed by atoms with van der Waals surface area (Å²) in [5, 5.41) is 16.6. The van der Waals surface area contributed by atoms with E-state index in [2.05, 4.69) is 10.3 Å². The molecule has 2 amide bonds. The SMILES string of the molecule is O=C1CCC(=O)N1CCn1cc(CCCO)nn1. The number of aromatic nitrogens is 3. The molecule has 98 valence electrons. The number of carbonyl (C=O) groups excluding carboxylic acids is 2. The third kappa shape index (κ3) is 2.92.